The standard InChI is InChI=1S/C14H20N2O/c1-9-4-7-13(10(2)8-9)16-14(17)15-11(3)12-5-6-12/h4,7-8,11-12H,5-6H2,1-3H3,(H2,15,16,17). The second-order valence-corrected chi connectivity index (χ2v) is 5.04. The van der Waals surface area contributed by atoms with Crippen molar-refractivity contribution in [2.45, 2.75) is 39.7 Å². The maximum Gasteiger partial charge on any atom is 0.319 e. The lowest BCUT2D eigenvalue weighted by molar-refractivity contribution is 0.248. The van der Waals surface area contributed by atoms with Gasteiger partial charge in [-0.3, -0.25) is 0 Å². The number of hydrogen-bond donors (Lipinski definition) is 2. The van der Waals surface area contributed by atoms with E-state index >= 15 is 0 Å². The van der Waals surface area contributed by atoms with Gasteiger partial charge in [-0.2, -0.15) is 0 Å². The molecule has 2 rings (SSSR count). The van der Waals surface area contributed by atoms with Crippen LogP contribution in [0.1, 0.15) is 30.9 Å². The maximum atomic E-state index is 11.8. The molecule has 1 aliphatic carbocycles. The first-order chi connectivity index (χ1) is 8.06. The third kappa shape index (κ3) is 3.22. The van der Waals surface area contributed by atoms with Crippen LogP contribution < -0.4 is 10.6 Å². The normalized spacial score (nSPS) is 16.4. The Morgan fingerprint density at radius 2 is 2.06 bits per heavy atom. The highest BCUT2D eigenvalue weighted by Gasteiger charge is 2.28. The minimum absolute atomic E-state index is 0.101. The van der Waals surface area contributed by atoms with E-state index in [4.69, 9.17) is 0 Å². The van der Waals surface area contributed by atoms with Gasteiger partial charge in [0, 0.05) is 11.7 Å². The van der Waals surface area contributed by atoms with Gasteiger partial charge in [0.25, 0.3) is 0 Å². The molecule has 1 aromatic carbocycles. The molecule has 0 aromatic heterocycles. The molecule has 0 radical (unpaired) electrons. The summed E-state index contributed by atoms with van der Waals surface area (Å²) in [6, 6.07) is 6.20. The molecule has 3 heteroatoms. The van der Waals surface area contributed by atoms with Gasteiger partial charge in [0.1, 0.15) is 0 Å². The van der Waals surface area contributed by atoms with Gasteiger partial charge in [-0.25, -0.2) is 4.79 Å². The SMILES string of the molecule is Cc1ccc(NC(=O)NC(C)C2CC2)c(C)c1. The van der Waals surface area contributed by atoms with Crippen LogP contribution in [-0.2, 0) is 0 Å². The predicted molar refractivity (Wildman–Crippen MR) is 70.3 cm³/mol. The van der Waals surface area contributed by atoms with Crippen molar-refractivity contribution < 1.29 is 4.79 Å². The van der Waals surface area contributed by atoms with Crippen LogP contribution in [0.3, 0.4) is 0 Å². The molecular weight excluding hydrogens is 212 g/mol. The van der Waals surface area contributed by atoms with E-state index < -0.39 is 0 Å². The number of aryl methyl sites for hydroxylation is 2. The number of amides is 2. The van der Waals surface area contributed by atoms with Crippen LogP contribution in [0, 0.1) is 19.8 Å². The fourth-order valence-electron chi connectivity index (χ4n) is 2.03. The lowest BCUT2D eigenvalue weighted by Crippen LogP contribution is -2.37. The summed E-state index contributed by atoms with van der Waals surface area (Å²) in [5, 5.41) is 5.88. The van der Waals surface area contributed by atoms with Gasteiger partial charge in [-0.05, 0) is 51.2 Å². The highest BCUT2D eigenvalue weighted by molar-refractivity contribution is 5.90. The van der Waals surface area contributed by atoms with Gasteiger partial charge in [0.2, 0.25) is 0 Å². The molecule has 2 amide bonds. The molecular formula is C14H20N2O. The third-order valence-electron chi connectivity index (χ3n) is 3.32. The Hall–Kier alpha value is -1.51. The zero-order chi connectivity index (χ0) is 12.4. The lowest BCUT2D eigenvalue weighted by Gasteiger charge is -2.15. The number of rotatable bonds is 3. The van der Waals surface area contributed by atoms with E-state index in [9.17, 15) is 4.79 Å². The molecule has 92 valence electrons. The fourth-order valence-corrected chi connectivity index (χ4v) is 2.03. The van der Waals surface area contributed by atoms with Crippen LogP contribution >= 0.6 is 0 Å². The van der Waals surface area contributed by atoms with Crippen molar-refractivity contribution in [3.05, 3.63) is 29.3 Å². The molecule has 0 spiro atoms. The molecule has 0 saturated heterocycles. The summed E-state index contributed by atoms with van der Waals surface area (Å²) in [4.78, 5) is 11.8. The van der Waals surface area contributed by atoms with Crippen LogP contribution in [0.4, 0.5) is 10.5 Å². The summed E-state index contributed by atoms with van der Waals surface area (Å²) in [5.41, 5.74) is 3.19. The smallest absolute Gasteiger partial charge is 0.319 e. The van der Waals surface area contributed by atoms with Gasteiger partial charge in [-0.1, -0.05) is 17.7 Å². The van der Waals surface area contributed by atoms with E-state index in [0.717, 1.165) is 11.3 Å². The van der Waals surface area contributed by atoms with Crippen molar-refractivity contribution >= 4 is 11.7 Å². The number of urea groups is 1. The fraction of sp³-hybridized carbons (Fsp3) is 0.500. The maximum absolute atomic E-state index is 11.8. The third-order valence-corrected chi connectivity index (χ3v) is 3.32. The van der Waals surface area contributed by atoms with E-state index in [1.54, 1.807) is 0 Å². The molecule has 1 saturated carbocycles. The monoisotopic (exact) mass is 232 g/mol. The van der Waals surface area contributed by atoms with Crippen molar-refractivity contribution in [3.8, 4) is 0 Å². The summed E-state index contributed by atoms with van der Waals surface area (Å²) in [6.45, 7) is 6.12. The Kier molecular flexibility index (Phi) is 3.36. The number of nitrogens with one attached hydrogen (secondary N) is 2. The first-order valence-electron chi connectivity index (χ1n) is 6.21. The largest absolute Gasteiger partial charge is 0.335 e. The molecule has 1 aromatic rings. The molecule has 1 aliphatic rings. The van der Waals surface area contributed by atoms with E-state index in [1.807, 2.05) is 26.0 Å². The molecule has 0 heterocycles. The predicted octanol–water partition coefficient (Wildman–Crippen LogP) is 3.22. The van der Waals surface area contributed by atoms with Crippen molar-refractivity contribution in [2.75, 3.05) is 5.32 Å². The quantitative estimate of drug-likeness (QED) is 0.825. The molecule has 2 N–H and O–H groups in total. The van der Waals surface area contributed by atoms with Gasteiger partial charge in [0.15, 0.2) is 0 Å². The average molecular weight is 232 g/mol. The van der Waals surface area contributed by atoms with Gasteiger partial charge >= 0.3 is 6.03 Å². The summed E-state index contributed by atoms with van der Waals surface area (Å²) in [6.07, 6.45) is 2.48. The molecule has 1 fully saturated rings. The van der Waals surface area contributed by atoms with Gasteiger partial charge in [-0.15, -0.1) is 0 Å². The van der Waals surface area contributed by atoms with E-state index in [0.29, 0.717) is 5.92 Å². The van der Waals surface area contributed by atoms with Crippen LogP contribution in [-0.4, -0.2) is 12.1 Å². The summed E-state index contributed by atoms with van der Waals surface area (Å²) in [7, 11) is 0. The Bertz CT molecular complexity index is 424. The first kappa shape index (κ1) is 12.0. The van der Waals surface area contributed by atoms with Crippen molar-refractivity contribution in [1.82, 2.24) is 5.32 Å². The van der Waals surface area contributed by atoms with Crippen LogP contribution in [0.5, 0.6) is 0 Å². The number of hydrogen-bond acceptors (Lipinski definition) is 1. The van der Waals surface area contributed by atoms with Crippen LogP contribution in [0.15, 0.2) is 18.2 Å². The summed E-state index contributed by atoms with van der Waals surface area (Å²) in [5.74, 6) is 0.680. The second kappa shape index (κ2) is 4.78. The minimum atomic E-state index is -0.101. The van der Waals surface area contributed by atoms with Crippen LogP contribution in [0.2, 0.25) is 0 Å². The zero-order valence-electron chi connectivity index (χ0n) is 10.7. The Morgan fingerprint density at radius 1 is 1.35 bits per heavy atom. The molecule has 17 heavy (non-hydrogen) atoms. The van der Waals surface area contributed by atoms with Crippen molar-refractivity contribution in [2.24, 2.45) is 5.92 Å². The Morgan fingerprint density at radius 3 is 2.65 bits per heavy atom. The van der Waals surface area contributed by atoms with Gasteiger partial charge < -0.3 is 10.6 Å². The van der Waals surface area contributed by atoms with E-state index in [-0.39, 0.29) is 12.1 Å². The summed E-state index contributed by atoms with van der Waals surface area (Å²) < 4.78 is 0. The lowest BCUT2D eigenvalue weighted by atomic mass is 10.1. The highest BCUT2D eigenvalue weighted by atomic mass is 16.2. The van der Waals surface area contributed by atoms with E-state index in [2.05, 4.69) is 23.6 Å². The number of carbonyl (C=O) groups is 1. The number of carbonyl (C=O) groups excluding carboxylic acids is 1. The second-order valence-electron chi connectivity index (χ2n) is 5.04. The number of anilines is 1. The summed E-state index contributed by atoms with van der Waals surface area (Å²) >= 11 is 0. The molecule has 1 atom stereocenters. The number of benzene rings is 1. The van der Waals surface area contributed by atoms with Crippen LogP contribution in [0.25, 0.3) is 0 Å². The Balaban J connectivity index is 1.92. The van der Waals surface area contributed by atoms with Crippen molar-refractivity contribution in [1.29, 1.82) is 0 Å². The molecule has 0 bridgehead atoms. The zero-order valence-corrected chi connectivity index (χ0v) is 10.7. The topological polar surface area (TPSA) is 41.1 Å². The molecule has 3 nitrogen and oxygen atoms in total. The Labute approximate surface area is 103 Å². The average Bonchev–Trinajstić information content (AvgIpc) is 3.05. The van der Waals surface area contributed by atoms with Gasteiger partial charge in [0.05, 0.1) is 0 Å². The highest BCUT2D eigenvalue weighted by Crippen LogP contribution is 2.32. The molecule has 1 unspecified atom stereocenters. The van der Waals surface area contributed by atoms with Crippen molar-refractivity contribution in [3.63, 3.8) is 0 Å². The minimum Gasteiger partial charge on any atom is -0.335 e. The van der Waals surface area contributed by atoms with E-state index in [1.165, 1.54) is 18.4 Å². The first-order valence-corrected chi connectivity index (χ1v) is 6.21. The molecule has 0 aliphatic heterocycles.